The summed E-state index contributed by atoms with van der Waals surface area (Å²) < 4.78 is 6.12. The van der Waals surface area contributed by atoms with E-state index in [1.54, 1.807) is 24.3 Å². The number of nitrogens with one attached hydrogen (secondary N) is 1. The standard InChI is InChI=1S/C13H14N4O3/c1-20-10-5-3-2-4-9(10)15-12(18)8-17-13(19)7-6-11(14)16-17/h2-7H,8H2,1H3,(H2,14,16)(H,15,18). The maximum atomic E-state index is 11.9. The average molecular weight is 274 g/mol. The second-order valence-electron chi connectivity index (χ2n) is 4.00. The summed E-state index contributed by atoms with van der Waals surface area (Å²) in [5.41, 5.74) is 5.61. The van der Waals surface area contributed by atoms with Crippen LogP contribution in [0.25, 0.3) is 0 Å². The Kier molecular flexibility index (Phi) is 3.99. The zero-order valence-electron chi connectivity index (χ0n) is 10.9. The maximum Gasteiger partial charge on any atom is 0.267 e. The summed E-state index contributed by atoms with van der Waals surface area (Å²) >= 11 is 0. The maximum absolute atomic E-state index is 11.9. The van der Waals surface area contributed by atoms with Crippen molar-refractivity contribution in [3.8, 4) is 5.75 Å². The van der Waals surface area contributed by atoms with Crippen LogP contribution < -0.4 is 21.3 Å². The fraction of sp³-hybridized carbons (Fsp3) is 0.154. The molecule has 1 aromatic heterocycles. The highest BCUT2D eigenvalue weighted by atomic mass is 16.5. The SMILES string of the molecule is COc1ccccc1NC(=O)Cn1nc(N)ccc1=O. The number of rotatable bonds is 4. The minimum absolute atomic E-state index is 0.176. The minimum Gasteiger partial charge on any atom is -0.495 e. The molecular formula is C13H14N4O3. The van der Waals surface area contributed by atoms with E-state index in [0.717, 1.165) is 4.68 Å². The number of amides is 1. The third-order valence-corrected chi connectivity index (χ3v) is 2.56. The Morgan fingerprint density at radius 2 is 2.10 bits per heavy atom. The molecule has 7 heteroatoms. The van der Waals surface area contributed by atoms with Crippen molar-refractivity contribution >= 4 is 17.4 Å². The molecule has 1 aromatic carbocycles. The molecule has 0 saturated heterocycles. The molecule has 0 saturated carbocycles. The van der Waals surface area contributed by atoms with Crippen molar-refractivity contribution in [3.63, 3.8) is 0 Å². The summed E-state index contributed by atoms with van der Waals surface area (Å²) in [4.78, 5) is 23.4. The largest absolute Gasteiger partial charge is 0.495 e. The quantitative estimate of drug-likeness (QED) is 0.844. The first-order chi connectivity index (χ1) is 9.60. The van der Waals surface area contributed by atoms with Crippen LogP contribution in [-0.4, -0.2) is 22.8 Å². The summed E-state index contributed by atoms with van der Waals surface area (Å²) in [6.45, 7) is -0.220. The molecule has 1 heterocycles. The minimum atomic E-state index is -0.394. The molecule has 7 nitrogen and oxygen atoms in total. The summed E-state index contributed by atoms with van der Waals surface area (Å²) in [5, 5.41) is 6.44. The van der Waals surface area contributed by atoms with Crippen LogP contribution in [0.1, 0.15) is 0 Å². The monoisotopic (exact) mass is 274 g/mol. The molecule has 0 aliphatic heterocycles. The van der Waals surface area contributed by atoms with Gasteiger partial charge in [-0.2, -0.15) is 5.10 Å². The molecular weight excluding hydrogens is 260 g/mol. The number of nitrogens with zero attached hydrogens (tertiary/aromatic N) is 2. The molecule has 0 aliphatic rings. The van der Waals surface area contributed by atoms with Crippen LogP contribution in [-0.2, 0) is 11.3 Å². The molecule has 0 bridgehead atoms. The number of anilines is 2. The summed E-state index contributed by atoms with van der Waals surface area (Å²) in [6, 6.07) is 9.63. The first kappa shape index (κ1) is 13.6. The number of nitrogens with two attached hydrogens (primary N) is 1. The fourth-order valence-electron chi connectivity index (χ4n) is 1.65. The second-order valence-corrected chi connectivity index (χ2v) is 4.00. The van der Waals surface area contributed by atoms with Gasteiger partial charge in [0.15, 0.2) is 0 Å². The van der Waals surface area contributed by atoms with E-state index >= 15 is 0 Å². The van der Waals surface area contributed by atoms with Crippen LogP contribution in [0.4, 0.5) is 11.5 Å². The molecule has 0 unspecified atom stereocenters. The normalized spacial score (nSPS) is 10.1. The van der Waals surface area contributed by atoms with E-state index < -0.39 is 11.5 Å². The first-order valence-corrected chi connectivity index (χ1v) is 5.86. The van der Waals surface area contributed by atoms with Crippen LogP contribution in [0.5, 0.6) is 5.75 Å². The van der Waals surface area contributed by atoms with Crippen LogP contribution in [0.3, 0.4) is 0 Å². The molecule has 104 valence electrons. The lowest BCUT2D eigenvalue weighted by molar-refractivity contribution is -0.117. The number of nitrogen functional groups attached to an aromatic ring is 1. The molecule has 0 atom stereocenters. The third-order valence-electron chi connectivity index (χ3n) is 2.56. The molecule has 0 radical (unpaired) electrons. The highest BCUT2D eigenvalue weighted by Gasteiger charge is 2.09. The van der Waals surface area contributed by atoms with Crippen LogP contribution in [0.15, 0.2) is 41.2 Å². The summed E-state index contributed by atoms with van der Waals surface area (Å²) in [7, 11) is 1.51. The van der Waals surface area contributed by atoms with Gasteiger partial charge >= 0.3 is 0 Å². The van der Waals surface area contributed by atoms with Crippen molar-refractivity contribution in [3.05, 3.63) is 46.8 Å². The van der Waals surface area contributed by atoms with Gasteiger partial charge in [0, 0.05) is 6.07 Å². The Balaban J connectivity index is 2.13. The van der Waals surface area contributed by atoms with Gasteiger partial charge in [-0.05, 0) is 18.2 Å². The molecule has 0 spiro atoms. The lowest BCUT2D eigenvalue weighted by Crippen LogP contribution is -2.29. The molecule has 0 aliphatic carbocycles. The van der Waals surface area contributed by atoms with Gasteiger partial charge in [0.25, 0.3) is 5.56 Å². The van der Waals surface area contributed by atoms with E-state index in [0.29, 0.717) is 11.4 Å². The number of hydrogen-bond acceptors (Lipinski definition) is 5. The van der Waals surface area contributed by atoms with Crippen molar-refractivity contribution in [2.45, 2.75) is 6.54 Å². The number of methoxy groups -OCH3 is 1. The zero-order chi connectivity index (χ0) is 14.5. The second kappa shape index (κ2) is 5.87. The van der Waals surface area contributed by atoms with Gasteiger partial charge in [-0.25, -0.2) is 4.68 Å². The molecule has 2 aromatic rings. The van der Waals surface area contributed by atoms with E-state index in [9.17, 15) is 9.59 Å². The van der Waals surface area contributed by atoms with Gasteiger partial charge in [0.2, 0.25) is 5.91 Å². The van der Waals surface area contributed by atoms with E-state index in [2.05, 4.69) is 10.4 Å². The van der Waals surface area contributed by atoms with Crippen molar-refractivity contribution in [2.24, 2.45) is 0 Å². The molecule has 0 fully saturated rings. The lowest BCUT2D eigenvalue weighted by atomic mass is 10.3. The van der Waals surface area contributed by atoms with Gasteiger partial charge in [-0.15, -0.1) is 0 Å². The lowest BCUT2D eigenvalue weighted by Gasteiger charge is -2.10. The predicted molar refractivity (Wildman–Crippen MR) is 74.5 cm³/mol. The van der Waals surface area contributed by atoms with E-state index in [-0.39, 0.29) is 12.4 Å². The first-order valence-electron chi connectivity index (χ1n) is 5.86. The fourth-order valence-corrected chi connectivity index (χ4v) is 1.65. The molecule has 1 amide bonds. The van der Waals surface area contributed by atoms with Gasteiger partial charge in [0.1, 0.15) is 18.1 Å². The highest BCUT2D eigenvalue weighted by Crippen LogP contribution is 2.22. The Morgan fingerprint density at radius 3 is 2.85 bits per heavy atom. The highest BCUT2D eigenvalue weighted by molar-refractivity contribution is 5.92. The number of carbonyl (C=O) groups excluding carboxylic acids is 1. The number of benzene rings is 1. The van der Waals surface area contributed by atoms with Crippen molar-refractivity contribution in [1.29, 1.82) is 0 Å². The molecule has 20 heavy (non-hydrogen) atoms. The van der Waals surface area contributed by atoms with Crippen LogP contribution in [0.2, 0.25) is 0 Å². The Hall–Kier alpha value is -2.83. The average Bonchev–Trinajstić information content (AvgIpc) is 2.43. The van der Waals surface area contributed by atoms with E-state index in [4.69, 9.17) is 10.5 Å². The van der Waals surface area contributed by atoms with E-state index in [1.807, 2.05) is 0 Å². The third kappa shape index (κ3) is 3.14. The van der Waals surface area contributed by atoms with Crippen LogP contribution >= 0.6 is 0 Å². The Bertz CT molecular complexity index is 681. The van der Waals surface area contributed by atoms with Gasteiger partial charge in [-0.1, -0.05) is 12.1 Å². The van der Waals surface area contributed by atoms with Gasteiger partial charge in [-0.3, -0.25) is 9.59 Å². The zero-order valence-corrected chi connectivity index (χ0v) is 10.9. The number of carbonyl (C=O) groups is 1. The van der Waals surface area contributed by atoms with Crippen molar-refractivity contribution < 1.29 is 9.53 Å². The number of para-hydroxylation sites is 2. The van der Waals surface area contributed by atoms with Crippen molar-refractivity contribution in [1.82, 2.24) is 9.78 Å². The molecule has 2 rings (SSSR count). The predicted octanol–water partition coefficient (Wildman–Crippen LogP) is 0.473. The summed E-state index contributed by atoms with van der Waals surface area (Å²) in [5.74, 6) is 0.318. The molecule has 3 N–H and O–H groups in total. The van der Waals surface area contributed by atoms with Crippen LogP contribution in [0, 0.1) is 0 Å². The number of ether oxygens (including phenoxy) is 1. The van der Waals surface area contributed by atoms with Gasteiger partial charge < -0.3 is 15.8 Å². The van der Waals surface area contributed by atoms with E-state index in [1.165, 1.54) is 19.2 Å². The number of hydrogen-bond donors (Lipinski definition) is 2. The number of aromatic nitrogens is 2. The smallest absolute Gasteiger partial charge is 0.267 e. The summed E-state index contributed by atoms with van der Waals surface area (Å²) in [6.07, 6.45) is 0. The van der Waals surface area contributed by atoms with Crippen molar-refractivity contribution in [2.75, 3.05) is 18.2 Å². The Labute approximate surface area is 115 Å². The van der Waals surface area contributed by atoms with Gasteiger partial charge in [0.05, 0.1) is 12.8 Å². The Morgan fingerprint density at radius 1 is 1.35 bits per heavy atom. The topological polar surface area (TPSA) is 99.2 Å².